The minimum Gasteiger partial charge on any atom is -0.475 e. The molecule has 5 rings (SSSR count). The van der Waals surface area contributed by atoms with Crippen molar-refractivity contribution in [3.63, 3.8) is 0 Å². The molecule has 38 heavy (non-hydrogen) atoms. The number of amides is 1. The maximum atomic E-state index is 12.9. The Morgan fingerprint density at radius 2 is 1.92 bits per heavy atom. The van der Waals surface area contributed by atoms with Crippen LogP contribution in [0.5, 0.6) is 0 Å². The monoisotopic (exact) mass is 549 g/mol. The number of carboxylic acid groups (broad SMARTS) is 1. The number of carbonyl (C=O) groups excluding carboxylic acids is 1. The minimum absolute atomic E-state index is 0.147. The number of hydrogen-bond donors (Lipinski definition) is 2. The van der Waals surface area contributed by atoms with E-state index in [-0.39, 0.29) is 5.91 Å². The number of fused-ring (bicyclic) bond motifs is 1. The van der Waals surface area contributed by atoms with Gasteiger partial charge in [0.05, 0.1) is 29.1 Å². The summed E-state index contributed by atoms with van der Waals surface area (Å²) in [5.74, 6) is -2.24. The third-order valence-corrected chi connectivity index (χ3v) is 6.61. The van der Waals surface area contributed by atoms with Crippen molar-refractivity contribution in [2.45, 2.75) is 32.5 Å². The lowest BCUT2D eigenvalue weighted by Crippen LogP contribution is -2.33. The summed E-state index contributed by atoms with van der Waals surface area (Å²) in [6.07, 6.45) is 3.06. The van der Waals surface area contributed by atoms with Crippen LogP contribution in [0.4, 0.5) is 13.2 Å². The van der Waals surface area contributed by atoms with Crippen molar-refractivity contribution >= 4 is 28.7 Å². The summed E-state index contributed by atoms with van der Waals surface area (Å²) in [6.45, 7) is 6.41. The first-order valence-corrected chi connectivity index (χ1v) is 12.7. The number of alkyl halides is 3. The number of thiazole rings is 1. The average Bonchev–Trinajstić information content (AvgIpc) is 3.66. The number of rotatable bonds is 7. The molecule has 4 aromatic heterocycles. The lowest BCUT2D eigenvalue weighted by Gasteiger charge is -2.14. The zero-order chi connectivity index (χ0) is 27.3. The number of pyridine rings is 1. The van der Waals surface area contributed by atoms with Gasteiger partial charge in [0.15, 0.2) is 11.5 Å². The van der Waals surface area contributed by atoms with Crippen molar-refractivity contribution in [2.75, 3.05) is 26.2 Å². The Bertz CT molecular complexity index is 1410. The number of aromatic nitrogens is 5. The van der Waals surface area contributed by atoms with E-state index in [0.29, 0.717) is 24.6 Å². The van der Waals surface area contributed by atoms with E-state index in [4.69, 9.17) is 9.90 Å². The standard InChI is InChI=1S/C22H25N7OS.C2HF3O2/c1-16-25-17(14-31-16)12-28-13-18(24-15-28)21-26-20(19-6-2-3-10-29(19)21)22(30)23-7-11-27-8-4-5-9-27;3-2(4,5)1(6)7/h2-3,6,10,13-15H,4-5,7-9,11-12H2,1H3,(H,23,30);(H,6,7). The van der Waals surface area contributed by atoms with Gasteiger partial charge in [-0.3, -0.25) is 9.20 Å². The molecule has 1 fully saturated rings. The van der Waals surface area contributed by atoms with E-state index >= 15 is 0 Å². The fourth-order valence-corrected chi connectivity index (χ4v) is 4.64. The van der Waals surface area contributed by atoms with Gasteiger partial charge in [-0.25, -0.2) is 19.7 Å². The van der Waals surface area contributed by atoms with Crippen LogP contribution in [0.25, 0.3) is 17.0 Å². The number of hydrogen-bond acceptors (Lipinski definition) is 7. The van der Waals surface area contributed by atoms with Crippen LogP contribution in [0.15, 0.2) is 42.3 Å². The third kappa shape index (κ3) is 6.75. The predicted octanol–water partition coefficient (Wildman–Crippen LogP) is 3.47. The fraction of sp³-hybridized carbons (Fsp3) is 0.375. The molecule has 0 atom stereocenters. The van der Waals surface area contributed by atoms with Crippen molar-refractivity contribution in [1.29, 1.82) is 0 Å². The van der Waals surface area contributed by atoms with Crippen molar-refractivity contribution in [3.05, 3.63) is 58.7 Å². The van der Waals surface area contributed by atoms with E-state index in [9.17, 15) is 18.0 Å². The molecule has 1 saturated heterocycles. The van der Waals surface area contributed by atoms with Crippen LogP contribution in [-0.4, -0.2) is 78.2 Å². The Morgan fingerprint density at radius 1 is 1.18 bits per heavy atom. The summed E-state index contributed by atoms with van der Waals surface area (Å²) < 4.78 is 35.7. The van der Waals surface area contributed by atoms with E-state index in [1.165, 1.54) is 12.8 Å². The summed E-state index contributed by atoms with van der Waals surface area (Å²) >= 11 is 1.64. The Kier molecular flexibility index (Phi) is 8.42. The van der Waals surface area contributed by atoms with Gasteiger partial charge in [0, 0.05) is 30.9 Å². The van der Waals surface area contributed by atoms with Crippen molar-refractivity contribution < 1.29 is 27.9 Å². The molecule has 0 saturated carbocycles. The molecule has 1 amide bonds. The number of nitrogens with one attached hydrogen (secondary N) is 1. The molecule has 202 valence electrons. The van der Waals surface area contributed by atoms with Crippen molar-refractivity contribution in [3.8, 4) is 11.5 Å². The molecule has 10 nitrogen and oxygen atoms in total. The van der Waals surface area contributed by atoms with E-state index in [2.05, 4.69) is 30.5 Å². The molecule has 0 spiro atoms. The summed E-state index contributed by atoms with van der Waals surface area (Å²) in [7, 11) is 0. The highest BCUT2D eigenvalue weighted by molar-refractivity contribution is 7.09. The zero-order valence-electron chi connectivity index (χ0n) is 20.5. The number of carboxylic acids is 1. The van der Waals surface area contributed by atoms with Gasteiger partial charge in [0.25, 0.3) is 5.91 Å². The quantitative estimate of drug-likeness (QED) is 0.363. The number of nitrogens with zero attached hydrogens (tertiary/aromatic N) is 6. The topological polar surface area (TPSA) is 118 Å². The highest BCUT2D eigenvalue weighted by Crippen LogP contribution is 2.22. The van der Waals surface area contributed by atoms with Crippen LogP contribution in [0.3, 0.4) is 0 Å². The molecule has 0 radical (unpaired) electrons. The molecule has 2 N–H and O–H groups in total. The molecule has 4 aromatic rings. The molecule has 0 bridgehead atoms. The lowest BCUT2D eigenvalue weighted by atomic mass is 10.3. The number of aryl methyl sites for hydroxylation is 1. The summed E-state index contributed by atoms with van der Waals surface area (Å²) in [5.41, 5.74) is 2.95. The van der Waals surface area contributed by atoms with E-state index in [1.807, 2.05) is 46.5 Å². The SMILES string of the molecule is Cc1nc(Cn2cnc(-c3nc(C(=O)NCCN4CCCC4)c4ccccn34)c2)cs1.O=C(O)C(F)(F)F. The average molecular weight is 550 g/mol. The molecule has 0 aliphatic carbocycles. The molecule has 1 aliphatic heterocycles. The Morgan fingerprint density at radius 3 is 2.58 bits per heavy atom. The fourth-order valence-electron chi connectivity index (χ4n) is 4.03. The van der Waals surface area contributed by atoms with Crippen LogP contribution in [0.2, 0.25) is 0 Å². The first-order chi connectivity index (χ1) is 18.1. The first-order valence-electron chi connectivity index (χ1n) is 11.8. The highest BCUT2D eigenvalue weighted by atomic mass is 32.1. The van der Waals surface area contributed by atoms with Gasteiger partial charge in [-0.15, -0.1) is 11.3 Å². The molecule has 0 aromatic carbocycles. The highest BCUT2D eigenvalue weighted by Gasteiger charge is 2.38. The van der Waals surface area contributed by atoms with Gasteiger partial charge in [0.2, 0.25) is 0 Å². The predicted molar refractivity (Wildman–Crippen MR) is 134 cm³/mol. The van der Waals surface area contributed by atoms with Gasteiger partial charge in [-0.05, 0) is 45.0 Å². The number of likely N-dealkylation sites (tertiary alicyclic amines) is 1. The minimum atomic E-state index is -5.08. The van der Waals surface area contributed by atoms with Crippen LogP contribution < -0.4 is 5.32 Å². The summed E-state index contributed by atoms with van der Waals surface area (Å²) in [4.78, 5) is 37.9. The maximum absolute atomic E-state index is 12.9. The van der Waals surface area contributed by atoms with Gasteiger partial charge in [-0.1, -0.05) is 6.07 Å². The summed E-state index contributed by atoms with van der Waals surface area (Å²) in [6, 6.07) is 5.77. The van der Waals surface area contributed by atoms with Gasteiger partial charge >= 0.3 is 12.1 Å². The smallest absolute Gasteiger partial charge is 0.475 e. The second kappa shape index (κ2) is 11.7. The molecular weight excluding hydrogens is 523 g/mol. The Balaban J connectivity index is 0.000000426. The van der Waals surface area contributed by atoms with Gasteiger partial charge in [0.1, 0.15) is 5.69 Å². The van der Waals surface area contributed by atoms with E-state index in [1.54, 1.807) is 17.7 Å². The molecule has 5 heterocycles. The molecule has 1 aliphatic rings. The normalized spacial score (nSPS) is 13.9. The number of aliphatic carboxylic acids is 1. The number of imidazole rings is 2. The molecule has 0 unspecified atom stereocenters. The molecule has 14 heteroatoms. The molecular formula is C24H26F3N7O3S. The van der Waals surface area contributed by atoms with E-state index in [0.717, 1.165) is 41.5 Å². The second-order valence-electron chi connectivity index (χ2n) is 8.64. The van der Waals surface area contributed by atoms with Crippen molar-refractivity contribution in [1.82, 2.24) is 34.1 Å². The Hall–Kier alpha value is -3.78. The van der Waals surface area contributed by atoms with Crippen LogP contribution in [0, 0.1) is 6.92 Å². The zero-order valence-corrected chi connectivity index (χ0v) is 21.3. The first kappa shape index (κ1) is 27.3. The van der Waals surface area contributed by atoms with Crippen LogP contribution in [0.1, 0.15) is 34.0 Å². The largest absolute Gasteiger partial charge is 0.490 e. The summed E-state index contributed by atoms with van der Waals surface area (Å²) in [5, 5.41) is 13.3. The van der Waals surface area contributed by atoms with Crippen LogP contribution >= 0.6 is 11.3 Å². The number of halogens is 3. The number of carbonyl (C=O) groups is 2. The van der Waals surface area contributed by atoms with Crippen LogP contribution in [-0.2, 0) is 11.3 Å². The van der Waals surface area contributed by atoms with Gasteiger partial charge in [-0.2, -0.15) is 13.2 Å². The van der Waals surface area contributed by atoms with Gasteiger partial charge < -0.3 is 19.9 Å². The second-order valence-corrected chi connectivity index (χ2v) is 9.70. The Labute approximate surface area is 219 Å². The van der Waals surface area contributed by atoms with E-state index < -0.39 is 12.1 Å². The maximum Gasteiger partial charge on any atom is 0.490 e. The van der Waals surface area contributed by atoms with Crippen molar-refractivity contribution in [2.24, 2.45) is 0 Å². The lowest BCUT2D eigenvalue weighted by molar-refractivity contribution is -0.192. The third-order valence-electron chi connectivity index (χ3n) is 5.79.